The van der Waals surface area contributed by atoms with E-state index in [-0.39, 0.29) is 5.78 Å². The highest BCUT2D eigenvalue weighted by Crippen LogP contribution is 2.28. The lowest BCUT2D eigenvalue weighted by Gasteiger charge is -2.12. The van der Waals surface area contributed by atoms with Gasteiger partial charge in [0.25, 0.3) is 0 Å². The first-order valence-electron chi connectivity index (χ1n) is 8.30. The average molecular weight is 313 g/mol. The van der Waals surface area contributed by atoms with Crippen molar-refractivity contribution in [1.82, 2.24) is 0 Å². The van der Waals surface area contributed by atoms with Gasteiger partial charge >= 0.3 is 0 Å². The Morgan fingerprint density at radius 2 is 1.50 bits per heavy atom. The lowest BCUT2D eigenvalue weighted by atomic mass is 9.98. The number of anilines is 2. The highest BCUT2D eigenvalue weighted by molar-refractivity contribution is 6.11. The van der Waals surface area contributed by atoms with E-state index in [9.17, 15) is 4.79 Å². The van der Waals surface area contributed by atoms with Gasteiger partial charge in [0.2, 0.25) is 0 Å². The van der Waals surface area contributed by atoms with Crippen LogP contribution >= 0.6 is 0 Å². The molecule has 0 aromatic heterocycles. The SMILES string of the molecule is Cc1ccccc1Nc1ccc2c(c1)CCc1ccccc1C2=O. The molecule has 2 nitrogen and oxygen atoms in total. The first kappa shape index (κ1) is 14.7. The van der Waals surface area contributed by atoms with Gasteiger partial charge in [0.15, 0.2) is 5.78 Å². The number of carbonyl (C=O) groups excluding carboxylic acids is 1. The summed E-state index contributed by atoms with van der Waals surface area (Å²) in [6.45, 7) is 2.09. The predicted molar refractivity (Wildman–Crippen MR) is 98.2 cm³/mol. The Morgan fingerprint density at radius 1 is 0.792 bits per heavy atom. The van der Waals surface area contributed by atoms with Crippen LogP contribution in [0.3, 0.4) is 0 Å². The van der Waals surface area contributed by atoms with E-state index in [4.69, 9.17) is 0 Å². The summed E-state index contributed by atoms with van der Waals surface area (Å²) in [5.41, 5.74) is 7.27. The van der Waals surface area contributed by atoms with E-state index in [1.165, 1.54) is 5.56 Å². The third kappa shape index (κ3) is 2.61. The summed E-state index contributed by atoms with van der Waals surface area (Å²) in [5.74, 6) is 0.139. The summed E-state index contributed by atoms with van der Waals surface area (Å²) in [7, 11) is 0. The fraction of sp³-hybridized carbons (Fsp3) is 0.136. The average Bonchev–Trinajstić information content (AvgIpc) is 2.75. The van der Waals surface area contributed by atoms with E-state index in [0.29, 0.717) is 0 Å². The number of fused-ring (bicyclic) bond motifs is 2. The Hall–Kier alpha value is -2.87. The largest absolute Gasteiger partial charge is 0.355 e. The Bertz CT molecular complexity index is 927. The summed E-state index contributed by atoms with van der Waals surface area (Å²) in [4.78, 5) is 12.8. The summed E-state index contributed by atoms with van der Waals surface area (Å²) in [5, 5.41) is 3.47. The number of carbonyl (C=O) groups is 1. The maximum absolute atomic E-state index is 12.8. The summed E-state index contributed by atoms with van der Waals surface area (Å²) < 4.78 is 0. The van der Waals surface area contributed by atoms with Crippen LogP contribution in [0.4, 0.5) is 11.4 Å². The number of aryl methyl sites for hydroxylation is 3. The van der Waals surface area contributed by atoms with Gasteiger partial charge in [-0.05, 0) is 60.7 Å². The maximum atomic E-state index is 12.8. The van der Waals surface area contributed by atoms with E-state index in [1.54, 1.807) is 0 Å². The van der Waals surface area contributed by atoms with Gasteiger partial charge in [-0.2, -0.15) is 0 Å². The van der Waals surface area contributed by atoms with E-state index in [0.717, 1.165) is 46.5 Å². The zero-order valence-corrected chi connectivity index (χ0v) is 13.7. The molecule has 4 rings (SSSR count). The molecule has 0 bridgehead atoms. The molecule has 118 valence electrons. The van der Waals surface area contributed by atoms with Gasteiger partial charge < -0.3 is 5.32 Å². The van der Waals surface area contributed by atoms with E-state index >= 15 is 0 Å². The molecule has 0 radical (unpaired) electrons. The van der Waals surface area contributed by atoms with Crippen molar-refractivity contribution >= 4 is 17.2 Å². The smallest absolute Gasteiger partial charge is 0.193 e. The molecule has 0 aliphatic heterocycles. The van der Waals surface area contributed by atoms with Crippen LogP contribution in [0.25, 0.3) is 0 Å². The Labute approximate surface area is 142 Å². The number of hydrogen-bond donors (Lipinski definition) is 1. The van der Waals surface area contributed by atoms with Crippen molar-refractivity contribution in [3.05, 3.63) is 94.5 Å². The molecular formula is C22H19NO. The molecule has 1 aliphatic rings. The van der Waals surface area contributed by atoms with Gasteiger partial charge in [-0.1, -0.05) is 42.5 Å². The Morgan fingerprint density at radius 3 is 2.38 bits per heavy atom. The monoisotopic (exact) mass is 313 g/mol. The number of benzene rings is 3. The van der Waals surface area contributed by atoms with Crippen molar-refractivity contribution in [2.75, 3.05) is 5.32 Å². The van der Waals surface area contributed by atoms with Crippen molar-refractivity contribution < 1.29 is 4.79 Å². The van der Waals surface area contributed by atoms with E-state index in [1.807, 2.05) is 42.5 Å². The minimum absolute atomic E-state index is 0.139. The second-order valence-electron chi connectivity index (χ2n) is 6.30. The highest BCUT2D eigenvalue weighted by Gasteiger charge is 2.20. The second kappa shape index (κ2) is 5.97. The van der Waals surface area contributed by atoms with Crippen molar-refractivity contribution in [2.45, 2.75) is 19.8 Å². The van der Waals surface area contributed by atoms with Crippen molar-refractivity contribution in [2.24, 2.45) is 0 Å². The van der Waals surface area contributed by atoms with E-state index in [2.05, 4.69) is 36.5 Å². The van der Waals surface area contributed by atoms with Crippen molar-refractivity contribution in [3.8, 4) is 0 Å². The van der Waals surface area contributed by atoms with Gasteiger partial charge in [0.05, 0.1) is 0 Å². The number of para-hydroxylation sites is 1. The Kier molecular flexibility index (Phi) is 3.66. The van der Waals surface area contributed by atoms with E-state index < -0.39 is 0 Å². The molecule has 0 unspecified atom stereocenters. The fourth-order valence-electron chi connectivity index (χ4n) is 3.34. The van der Waals surface area contributed by atoms with Gasteiger partial charge in [-0.15, -0.1) is 0 Å². The van der Waals surface area contributed by atoms with Crippen LogP contribution in [0.15, 0.2) is 66.7 Å². The van der Waals surface area contributed by atoms with Crippen LogP contribution < -0.4 is 5.32 Å². The van der Waals surface area contributed by atoms with Crippen LogP contribution in [-0.2, 0) is 12.8 Å². The third-order valence-electron chi connectivity index (χ3n) is 4.70. The summed E-state index contributed by atoms with van der Waals surface area (Å²) in [6.07, 6.45) is 1.80. The van der Waals surface area contributed by atoms with Crippen molar-refractivity contribution in [1.29, 1.82) is 0 Å². The molecule has 24 heavy (non-hydrogen) atoms. The normalized spacial score (nSPS) is 13.0. The summed E-state index contributed by atoms with van der Waals surface area (Å²) in [6, 6.07) is 22.2. The van der Waals surface area contributed by atoms with Gasteiger partial charge in [-0.25, -0.2) is 0 Å². The third-order valence-corrected chi connectivity index (χ3v) is 4.70. The fourth-order valence-corrected chi connectivity index (χ4v) is 3.34. The van der Waals surface area contributed by atoms with Crippen LogP contribution in [0.1, 0.15) is 32.6 Å². The maximum Gasteiger partial charge on any atom is 0.193 e. The first-order chi connectivity index (χ1) is 11.7. The van der Waals surface area contributed by atoms with Crippen molar-refractivity contribution in [3.63, 3.8) is 0 Å². The molecule has 0 saturated heterocycles. The topological polar surface area (TPSA) is 29.1 Å². The standard InChI is InChI=1S/C22H19NO/c1-15-6-2-5-9-21(15)23-18-12-13-20-17(14-18)11-10-16-7-3-4-8-19(16)22(20)24/h2-9,12-14,23H,10-11H2,1H3. The number of hydrogen-bond acceptors (Lipinski definition) is 2. The van der Waals surface area contributed by atoms with Crippen LogP contribution in [-0.4, -0.2) is 5.78 Å². The molecule has 0 spiro atoms. The molecule has 1 N–H and O–H groups in total. The predicted octanol–water partition coefficient (Wildman–Crippen LogP) is 5.07. The van der Waals surface area contributed by atoms with Gasteiger partial charge in [0, 0.05) is 22.5 Å². The quantitative estimate of drug-likeness (QED) is 0.716. The lowest BCUT2D eigenvalue weighted by Crippen LogP contribution is -2.04. The molecule has 0 fully saturated rings. The molecule has 3 aromatic carbocycles. The van der Waals surface area contributed by atoms with Gasteiger partial charge in [-0.3, -0.25) is 4.79 Å². The van der Waals surface area contributed by atoms with Crippen LogP contribution in [0, 0.1) is 6.92 Å². The minimum Gasteiger partial charge on any atom is -0.355 e. The summed E-state index contributed by atoms with van der Waals surface area (Å²) >= 11 is 0. The number of ketones is 1. The molecule has 1 aliphatic carbocycles. The molecule has 0 amide bonds. The zero-order chi connectivity index (χ0) is 16.5. The molecule has 0 saturated carbocycles. The minimum atomic E-state index is 0.139. The molecule has 0 heterocycles. The molecule has 0 atom stereocenters. The van der Waals surface area contributed by atoms with Crippen LogP contribution in [0.5, 0.6) is 0 Å². The Balaban J connectivity index is 1.70. The molecule has 3 aromatic rings. The molecule has 2 heteroatoms. The lowest BCUT2D eigenvalue weighted by molar-refractivity contribution is 0.103. The molecular weight excluding hydrogens is 294 g/mol. The number of nitrogens with one attached hydrogen (secondary N) is 1. The first-order valence-corrected chi connectivity index (χ1v) is 8.30. The zero-order valence-electron chi connectivity index (χ0n) is 13.7. The highest BCUT2D eigenvalue weighted by atomic mass is 16.1. The van der Waals surface area contributed by atoms with Gasteiger partial charge in [0.1, 0.15) is 0 Å². The second-order valence-corrected chi connectivity index (χ2v) is 6.30. The number of rotatable bonds is 2. The van der Waals surface area contributed by atoms with Crippen LogP contribution in [0.2, 0.25) is 0 Å².